The molecule has 1 N–H and O–H groups in total. The molecule has 1 unspecified atom stereocenters. The van der Waals surface area contributed by atoms with Crippen molar-refractivity contribution < 1.29 is 0 Å². The summed E-state index contributed by atoms with van der Waals surface area (Å²) in [5.41, 5.74) is 3.54. The lowest BCUT2D eigenvalue weighted by molar-refractivity contribution is 0.563. The minimum absolute atomic E-state index is 0.291. The van der Waals surface area contributed by atoms with Gasteiger partial charge in [-0.2, -0.15) is 5.10 Å². The van der Waals surface area contributed by atoms with Crippen molar-refractivity contribution in [3.8, 4) is 0 Å². The Balaban J connectivity index is 1.76. The van der Waals surface area contributed by atoms with E-state index in [0.717, 1.165) is 16.7 Å². The molecule has 1 heterocycles. The Morgan fingerprint density at radius 2 is 1.86 bits per heavy atom. The molecule has 21 heavy (non-hydrogen) atoms. The molecule has 3 aromatic rings. The molecular weight excluding hydrogens is 326 g/mol. The van der Waals surface area contributed by atoms with Gasteiger partial charge in [0.2, 0.25) is 0 Å². The molecule has 0 fully saturated rings. The first-order chi connectivity index (χ1) is 10.1. The Kier molecular flexibility index (Phi) is 4.08. The molecule has 0 aliphatic carbocycles. The minimum atomic E-state index is 0.291. The summed E-state index contributed by atoms with van der Waals surface area (Å²) in [6.07, 6.45) is 0. The Morgan fingerprint density at radius 3 is 2.62 bits per heavy atom. The average Bonchev–Trinajstić information content (AvgIpc) is 2.83. The van der Waals surface area contributed by atoms with Gasteiger partial charge in [0.1, 0.15) is 0 Å². The average molecular weight is 344 g/mol. The second-order valence-corrected chi connectivity index (χ2v) is 6.16. The van der Waals surface area contributed by atoms with Crippen LogP contribution < -0.4 is 5.32 Å². The molecule has 0 amide bonds. The molecule has 1 aromatic heterocycles. The van der Waals surface area contributed by atoms with Crippen molar-refractivity contribution in [2.24, 2.45) is 7.05 Å². The van der Waals surface area contributed by atoms with Crippen LogP contribution in [0.1, 0.15) is 24.2 Å². The molecule has 3 nitrogen and oxygen atoms in total. The first-order valence-corrected chi connectivity index (χ1v) is 7.84. The van der Waals surface area contributed by atoms with E-state index in [2.05, 4.69) is 75.7 Å². The number of rotatable bonds is 4. The number of halogens is 1. The fourth-order valence-electron chi connectivity index (χ4n) is 2.54. The molecule has 0 bridgehead atoms. The van der Waals surface area contributed by atoms with Crippen LogP contribution in [0.5, 0.6) is 0 Å². The van der Waals surface area contributed by atoms with E-state index in [9.17, 15) is 0 Å². The minimum Gasteiger partial charge on any atom is -0.304 e. The number of nitrogens with one attached hydrogen (secondary N) is 1. The van der Waals surface area contributed by atoms with E-state index in [1.165, 1.54) is 16.5 Å². The number of hydrogen-bond donors (Lipinski definition) is 1. The van der Waals surface area contributed by atoms with Gasteiger partial charge in [-0.05, 0) is 30.7 Å². The molecule has 0 saturated carbocycles. The van der Waals surface area contributed by atoms with Crippen molar-refractivity contribution in [2.75, 3.05) is 0 Å². The smallest absolute Gasteiger partial charge is 0.0841 e. The Hall–Kier alpha value is -1.65. The summed E-state index contributed by atoms with van der Waals surface area (Å²) in [6, 6.07) is 17.0. The zero-order valence-corrected chi connectivity index (χ0v) is 13.8. The van der Waals surface area contributed by atoms with E-state index < -0.39 is 0 Å². The molecule has 0 radical (unpaired) electrons. The van der Waals surface area contributed by atoms with Crippen LogP contribution in [0.15, 0.2) is 53.0 Å². The number of aromatic nitrogens is 2. The van der Waals surface area contributed by atoms with Crippen molar-refractivity contribution in [3.63, 3.8) is 0 Å². The first kappa shape index (κ1) is 14.3. The van der Waals surface area contributed by atoms with Crippen molar-refractivity contribution >= 4 is 26.8 Å². The Bertz CT molecular complexity index is 746. The van der Waals surface area contributed by atoms with E-state index in [1.54, 1.807) is 0 Å². The summed E-state index contributed by atoms with van der Waals surface area (Å²) in [4.78, 5) is 0. The topological polar surface area (TPSA) is 29.9 Å². The lowest BCUT2D eigenvalue weighted by Gasteiger charge is -2.13. The third-order valence-electron chi connectivity index (χ3n) is 3.78. The molecule has 0 saturated heterocycles. The van der Waals surface area contributed by atoms with Crippen molar-refractivity contribution in [3.05, 3.63) is 64.3 Å². The predicted octanol–water partition coefficient (Wildman–Crippen LogP) is 4.19. The zero-order chi connectivity index (χ0) is 14.8. The number of hydrogen-bond acceptors (Lipinski definition) is 2. The van der Waals surface area contributed by atoms with Crippen molar-refractivity contribution in [1.29, 1.82) is 0 Å². The van der Waals surface area contributed by atoms with E-state index >= 15 is 0 Å². The quantitative estimate of drug-likeness (QED) is 0.769. The SMILES string of the molecule is CC(NCc1nn(C)c2ccccc12)c1ccc(Br)cc1. The van der Waals surface area contributed by atoms with Gasteiger partial charge in [-0.3, -0.25) is 4.68 Å². The van der Waals surface area contributed by atoms with E-state index in [-0.39, 0.29) is 0 Å². The van der Waals surface area contributed by atoms with Gasteiger partial charge in [-0.15, -0.1) is 0 Å². The summed E-state index contributed by atoms with van der Waals surface area (Å²) in [6.45, 7) is 2.94. The van der Waals surface area contributed by atoms with E-state index in [1.807, 2.05) is 17.8 Å². The second kappa shape index (κ2) is 6.00. The van der Waals surface area contributed by atoms with Gasteiger partial charge in [0.05, 0.1) is 11.2 Å². The summed E-state index contributed by atoms with van der Waals surface area (Å²) in [5, 5.41) is 9.38. The summed E-state index contributed by atoms with van der Waals surface area (Å²) in [5.74, 6) is 0. The number of nitrogens with zero attached hydrogens (tertiary/aromatic N) is 2. The molecule has 4 heteroatoms. The highest BCUT2D eigenvalue weighted by atomic mass is 79.9. The maximum Gasteiger partial charge on any atom is 0.0841 e. The van der Waals surface area contributed by atoms with Gasteiger partial charge >= 0.3 is 0 Å². The molecule has 108 valence electrons. The van der Waals surface area contributed by atoms with Crippen molar-refractivity contribution in [1.82, 2.24) is 15.1 Å². The number of fused-ring (bicyclic) bond motifs is 1. The molecule has 2 aromatic carbocycles. The highest BCUT2D eigenvalue weighted by Gasteiger charge is 2.10. The third kappa shape index (κ3) is 3.01. The monoisotopic (exact) mass is 343 g/mol. The van der Waals surface area contributed by atoms with Crippen molar-refractivity contribution in [2.45, 2.75) is 19.5 Å². The summed E-state index contributed by atoms with van der Waals surface area (Å²) in [7, 11) is 1.99. The van der Waals surface area contributed by atoms with E-state index in [0.29, 0.717) is 6.04 Å². The predicted molar refractivity (Wildman–Crippen MR) is 90.1 cm³/mol. The fraction of sp³-hybridized carbons (Fsp3) is 0.235. The maximum atomic E-state index is 4.62. The van der Waals surface area contributed by atoms with Crippen LogP contribution in [0.2, 0.25) is 0 Å². The molecule has 1 atom stereocenters. The summed E-state index contributed by atoms with van der Waals surface area (Å²) >= 11 is 3.47. The Morgan fingerprint density at radius 1 is 1.14 bits per heavy atom. The molecule has 0 spiro atoms. The largest absolute Gasteiger partial charge is 0.304 e. The highest BCUT2D eigenvalue weighted by Crippen LogP contribution is 2.20. The zero-order valence-electron chi connectivity index (χ0n) is 12.2. The molecule has 0 aliphatic heterocycles. The number of aryl methyl sites for hydroxylation is 1. The molecule has 0 aliphatic rings. The van der Waals surface area contributed by atoms with Gasteiger partial charge in [-0.1, -0.05) is 46.3 Å². The van der Waals surface area contributed by atoms with Crippen LogP contribution >= 0.6 is 15.9 Å². The van der Waals surface area contributed by atoms with Crippen LogP contribution in [-0.2, 0) is 13.6 Å². The highest BCUT2D eigenvalue weighted by molar-refractivity contribution is 9.10. The standard InChI is InChI=1S/C17H18BrN3/c1-12(13-7-9-14(18)10-8-13)19-11-16-15-5-3-4-6-17(15)21(2)20-16/h3-10,12,19H,11H2,1-2H3. The maximum absolute atomic E-state index is 4.62. The van der Waals surface area contributed by atoms with Crippen LogP contribution in [0.3, 0.4) is 0 Å². The van der Waals surface area contributed by atoms with Gasteiger partial charge in [0, 0.05) is 29.5 Å². The van der Waals surface area contributed by atoms with Gasteiger partial charge in [-0.25, -0.2) is 0 Å². The normalized spacial score (nSPS) is 12.7. The van der Waals surface area contributed by atoms with Gasteiger partial charge in [0.25, 0.3) is 0 Å². The van der Waals surface area contributed by atoms with Gasteiger partial charge in [0.15, 0.2) is 0 Å². The van der Waals surface area contributed by atoms with Crippen LogP contribution in [0.4, 0.5) is 0 Å². The fourth-order valence-corrected chi connectivity index (χ4v) is 2.80. The van der Waals surface area contributed by atoms with Crippen LogP contribution in [0.25, 0.3) is 10.9 Å². The van der Waals surface area contributed by atoms with Gasteiger partial charge < -0.3 is 5.32 Å². The third-order valence-corrected chi connectivity index (χ3v) is 4.31. The van der Waals surface area contributed by atoms with Crippen LogP contribution in [-0.4, -0.2) is 9.78 Å². The summed E-state index contributed by atoms with van der Waals surface area (Å²) < 4.78 is 3.05. The molecular formula is C17H18BrN3. The lowest BCUT2D eigenvalue weighted by atomic mass is 10.1. The number of benzene rings is 2. The van der Waals surface area contributed by atoms with Crippen LogP contribution in [0, 0.1) is 0 Å². The lowest BCUT2D eigenvalue weighted by Crippen LogP contribution is -2.18. The molecule has 3 rings (SSSR count). The van der Waals surface area contributed by atoms with E-state index in [4.69, 9.17) is 0 Å². The number of para-hydroxylation sites is 1. The first-order valence-electron chi connectivity index (χ1n) is 7.04. The Labute approximate surface area is 133 Å². The second-order valence-electron chi connectivity index (χ2n) is 5.24.